The standard InChI is InChI=1S/C12H25NO/c1-3-11(4-2)9-13-12(10-14)7-5-6-8-12/h11,13-14H,3-10H2,1-2H3. The van der Waals surface area contributed by atoms with Gasteiger partial charge in [-0.2, -0.15) is 0 Å². The van der Waals surface area contributed by atoms with Crippen molar-refractivity contribution in [2.24, 2.45) is 5.92 Å². The minimum absolute atomic E-state index is 0.0720. The van der Waals surface area contributed by atoms with Crippen molar-refractivity contribution in [2.45, 2.75) is 57.9 Å². The molecule has 0 amide bonds. The van der Waals surface area contributed by atoms with Crippen molar-refractivity contribution < 1.29 is 5.11 Å². The minimum Gasteiger partial charge on any atom is -0.394 e. The number of rotatable bonds is 6. The molecule has 0 saturated heterocycles. The predicted octanol–water partition coefficient (Wildman–Crippen LogP) is 2.32. The Morgan fingerprint density at radius 1 is 1.21 bits per heavy atom. The lowest BCUT2D eigenvalue weighted by Crippen LogP contribution is -2.47. The summed E-state index contributed by atoms with van der Waals surface area (Å²) in [5.74, 6) is 0.777. The van der Waals surface area contributed by atoms with E-state index in [4.69, 9.17) is 0 Å². The minimum atomic E-state index is 0.0720. The quantitative estimate of drug-likeness (QED) is 0.688. The van der Waals surface area contributed by atoms with E-state index in [9.17, 15) is 5.11 Å². The van der Waals surface area contributed by atoms with E-state index in [0.29, 0.717) is 6.61 Å². The van der Waals surface area contributed by atoms with E-state index in [2.05, 4.69) is 19.2 Å². The van der Waals surface area contributed by atoms with Crippen molar-refractivity contribution in [2.75, 3.05) is 13.2 Å². The summed E-state index contributed by atoms with van der Waals surface area (Å²) in [7, 11) is 0. The van der Waals surface area contributed by atoms with E-state index in [-0.39, 0.29) is 5.54 Å². The molecule has 0 aromatic rings. The highest BCUT2D eigenvalue weighted by Crippen LogP contribution is 2.29. The molecule has 0 spiro atoms. The van der Waals surface area contributed by atoms with Gasteiger partial charge in [0, 0.05) is 5.54 Å². The van der Waals surface area contributed by atoms with Crippen molar-refractivity contribution >= 4 is 0 Å². The maximum Gasteiger partial charge on any atom is 0.0613 e. The van der Waals surface area contributed by atoms with Gasteiger partial charge in [-0.15, -0.1) is 0 Å². The second-order valence-electron chi connectivity index (χ2n) is 4.71. The highest BCUT2D eigenvalue weighted by Gasteiger charge is 2.32. The van der Waals surface area contributed by atoms with Crippen LogP contribution in [0.15, 0.2) is 0 Å². The molecule has 1 rings (SSSR count). The summed E-state index contributed by atoms with van der Waals surface area (Å²) in [4.78, 5) is 0. The summed E-state index contributed by atoms with van der Waals surface area (Å²) in [6.07, 6.45) is 7.34. The Bertz CT molecular complexity index is 148. The Labute approximate surface area is 88.1 Å². The molecule has 0 atom stereocenters. The largest absolute Gasteiger partial charge is 0.394 e. The van der Waals surface area contributed by atoms with Gasteiger partial charge in [0.05, 0.1) is 6.61 Å². The highest BCUT2D eigenvalue weighted by molar-refractivity contribution is 4.92. The number of hydrogen-bond acceptors (Lipinski definition) is 2. The van der Waals surface area contributed by atoms with Crippen LogP contribution in [0.25, 0.3) is 0 Å². The lowest BCUT2D eigenvalue weighted by atomic mass is 9.96. The van der Waals surface area contributed by atoms with Gasteiger partial charge in [0.15, 0.2) is 0 Å². The Hall–Kier alpha value is -0.0800. The van der Waals surface area contributed by atoms with Crippen LogP contribution in [0.2, 0.25) is 0 Å². The Balaban J connectivity index is 2.33. The first-order valence-electron chi connectivity index (χ1n) is 6.12. The van der Waals surface area contributed by atoms with Crippen LogP contribution < -0.4 is 5.32 Å². The van der Waals surface area contributed by atoms with E-state index < -0.39 is 0 Å². The van der Waals surface area contributed by atoms with E-state index in [1.807, 2.05) is 0 Å². The maximum absolute atomic E-state index is 9.41. The molecule has 1 saturated carbocycles. The summed E-state index contributed by atoms with van der Waals surface area (Å²) in [5.41, 5.74) is 0.0720. The predicted molar refractivity (Wildman–Crippen MR) is 60.4 cm³/mol. The van der Waals surface area contributed by atoms with E-state index in [1.54, 1.807) is 0 Å². The molecule has 1 aliphatic carbocycles. The molecule has 0 heterocycles. The molecule has 0 aliphatic heterocycles. The molecule has 1 fully saturated rings. The normalized spacial score (nSPS) is 20.6. The fourth-order valence-electron chi connectivity index (χ4n) is 2.38. The van der Waals surface area contributed by atoms with Gasteiger partial charge in [0.1, 0.15) is 0 Å². The molecule has 14 heavy (non-hydrogen) atoms. The molecule has 84 valence electrons. The van der Waals surface area contributed by atoms with Crippen LogP contribution in [0.4, 0.5) is 0 Å². The van der Waals surface area contributed by atoms with Crippen molar-refractivity contribution in [1.29, 1.82) is 0 Å². The van der Waals surface area contributed by atoms with E-state index in [1.165, 1.54) is 25.7 Å². The molecular formula is C12H25NO. The van der Waals surface area contributed by atoms with Gasteiger partial charge in [-0.3, -0.25) is 0 Å². The van der Waals surface area contributed by atoms with Crippen molar-refractivity contribution in [3.8, 4) is 0 Å². The lowest BCUT2D eigenvalue weighted by molar-refractivity contribution is 0.157. The van der Waals surface area contributed by atoms with Crippen LogP contribution in [-0.4, -0.2) is 23.8 Å². The Kier molecular flexibility index (Phi) is 4.90. The van der Waals surface area contributed by atoms with Gasteiger partial charge < -0.3 is 10.4 Å². The topological polar surface area (TPSA) is 32.3 Å². The first kappa shape index (κ1) is 12.0. The molecule has 2 N–H and O–H groups in total. The first-order chi connectivity index (χ1) is 6.76. The molecule has 2 nitrogen and oxygen atoms in total. The second-order valence-corrected chi connectivity index (χ2v) is 4.71. The van der Waals surface area contributed by atoms with Gasteiger partial charge in [-0.25, -0.2) is 0 Å². The number of hydrogen-bond donors (Lipinski definition) is 2. The van der Waals surface area contributed by atoms with E-state index >= 15 is 0 Å². The zero-order chi connectivity index (χ0) is 10.4. The third kappa shape index (κ3) is 2.96. The van der Waals surface area contributed by atoms with Crippen LogP contribution in [0.3, 0.4) is 0 Å². The number of nitrogens with one attached hydrogen (secondary N) is 1. The average Bonchev–Trinajstić information content (AvgIpc) is 2.69. The van der Waals surface area contributed by atoms with Crippen molar-refractivity contribution in [3.05, 3.63) is 0 Å². The molecule has 1 aliphatic rings. The summed E-state index contributed by atoms with van der Waals surface area (Å²) < 4.78 is 0. The van der Waals surface area contributed by atoms with Crippen LogP contribution >= 0.6 is 0 Å². The van der Waals surface area contributed by atoms with Crippen LogP contribution in [0, 0.1) is 5.92 Å². The smallest absolute Gasteiger partial charge is 0.0613 e. The average molecular weight is 199 g/mol. The molecular weight excluding hydrogens is 174 g/mol. The van der Waals surface area contributed by atoms with Crippen molar-refractivity contribution in [3.63, 3.8) is 0 Å². The second kappa shape index (κ2) is 5.72. The monoisotopic (exact) mass is 199 g/mol. The number of aliphatic hydroxyl groups is 1. The van der Waals surface area contributed by atoms with Gasteiger partial charge >= 0.3 is 0 Å². The zero-order valence-corrected chi connectivity index (χ0v) is 9.68. The molecule has 0 bridgehead atoms. The third-order valence-electron chi connectivity index (χ3n) is 3.78. The van der Waals surface area contributed by atoms with Gasteiger partial charge in [-0.05, 0) is 25.3 Å². The molecule has 0 radical (unpaired) electrons. The summed E-state index contributed by atoms with van der Waals surface area (Å²) in [5, 5.41) is 13.0. The summed E-state index contributed by atoms with van der Waals surface area (Å²) >= 11 is 0. The molecule has 0 aromatic carbocycles. The fourth-order valence-corrected chi connectivity index (χ4v) is 2.38. The Morgan fingerprint density at radius 2 is 1.79 bits per heavy atom. The molecule has 2 heteroatoms. The van der Waals surface area contributed by atoms with Gasteiger partial charge in [-0.1, -0.05) is 39.5 Å². The van der Waals surface area contributed by atoms with Crippen LogP contribution in [0.1, 0.15) is 52.4 Å². The lowest BCUT2D eigenvalue weighted by Gasteiger charge is -2.30. The van der Waals surface area contributed by atoms with E-state index in [0.717, 1.165) is 25.3 Å². The van der Waals surface area contributed by atoms with Crippen LogP contribution in [-0.2, 0) is 0 Å². The van der Waals surface area contributed by atoms with Gasteiger partial charge in [0.2, 0.25) is 0 Å². The highest BCUT2D eigenvalue weighted by atomic mass is 16.3. The summed E-state index contributed by atoms with van der Waals surface area (Å²) in [6.45, 7) is 5.88. The first-order valence-corrected chi connectivity index (χ1v) is 6.12. The Morgan fingerprint density at radius 3 is 2.21 bits per heavy atom. The number of aliphatic hydroxyl groups excluding tert-OH is 1. The summed E-state index contributed by atoms with van der Waals surface area (Å²) in [6, 6.07) is 0. The van der Waals surface area contributed by atoms with Crippen molar-refractivity contribution in [1.82, 2.24) is 5.32 Å². The molecule has 0 unspecified atom stereocenters. The third-order valence-corrected chi connectivity index (χ3v) is 3.78. The molecule has 0 aromatic heterocycles. The zero-order valence-electron chi connectivity index (χ0n) is 9.68. The fraction of sp³-hybridized carbons (Fsp3) is 1.00. The van der Waals surface area contributed by atoms with Gasteiger partial charge in [0.25, 0.3) is 0 Å². The van der Waals surface area contributed by atoms with Crippen LogP contribution in [0.5, 0.6) is 0 Å². The SMILES string of the molecule is CCC(CC)CNC1(CO)CCCC1. The maximum atomic E-state index is 9.41.